The number of sulfone groups is 1. The van der Waals surface area contributed by atoms with E-state index in [2.05, 4.69) is 9.97 Å². The molecule has 0 radical (unpaired) electrons. The van der Waals surface area contributed by atoms with Crippen LogP contribution in [0.4, 0.5) is 0 Å². The Morgan fingerprint density at radius 3 is 2.32 bits per heavy atom. The SMILES string of the molecule is Cc1ccc(S(=O)(=O)Cn2c(-c3ccccc3)nc(=S)[nH]c2=S)cc1. The van der Waals surface area contributed by atoms with Gasteiger partial charge < -0.3 is 4.98 Å². The van der Waals surface area contributed by atoms with E-state index in [1.54, 1.807) is 24.3 Å². The van der Waals surface area contributed by atoms with E-state index in [1.807, 2.05) is 37.3 Å². The Balaban J connectivity index is 2.13. The van der Waals surface area contributed by atoms with Crippen molar-refractivity contribution in [3.8, 4) is 11.4 Å². The van der Waals surface area contributed by atoms with Gasteiger partial charge in [0, 0.05) is 5.56 Å². The number of H-pyrrole nitrogens is 1. The highest BCUT2D eigenvalue weighted by Crippen LogP contribution is 2.20. The van der Waals surface area contributed by atoms with Crippen molar-refractivity contribution >= 4 is 34.3 Å². The largest absolute Gasteiger partial charge is 0.307 e. The fourth-order valence-corrected chi connectivity index (χ4v) is 4.23. The Morgan fingerprint density at radius 1 is 1.04 bits per heavy atom. The molecule has 0 saturated heterocycles. The normalized spacial score (nSPS) is 11.4. The molecule has 0 spiro atoms. The summed E-state index contributed by atoms with van der Waals surface area (Å²) in [5.74, 6) is 0.100. The van der Waals surface area contributed by atoms with Crippen LogP contribution in [-0.4, -0.2) is 23.0 Å². The number of nitrogens with one attached hydrogen (secondary N) is 1. The van der Waals surface area contributed by atoms with Crippen molar-refractivity contribution in [1.82, 2.24) is 14.5 Å². The lowest BCUT2D eigenvalue weighted by atomic mass is 10.2. The van der Waals surface area contributed by atoms with Gasteiger partial charge in [-0.25, -0.2) is 13.4 Å². The van der Waals surface area contributed by atoms with Crippen molar-refractivity contribution in [3.63, 3.8) is 0 Å². The average molecular weight is 390 g/mol. The smallest absolute Gasteiger partial charge is 0.201 e. The number of hydrogen-bond donors (Lipinski definition) is 1. The molecule has 1 aromatic heterocycles. The van der Waals surface area contributed by atoms with E-state index in [0.717, 1.165) is 11.1 Å². The predicted octanol–water partition coefficient (Wildman–Crippen LogP) is 4.08. The summed E-state index contributed by atoms with van der Waals surface area (Å²) in [5.41, 5.74) is 1.74. The molecule has 0 aliphatic heterocycles. The topological polar surface area (TPSA) is 67.8 Å². The van der Waals surface area contributed by atoms with E-state index in [4.69, 9.17) is 24.4 Å². The highest BCUT2D eigenvalue weighted by Gasteiger charge is 2.18. The molecule has 8 heteroatoms. The van der Waals surface area contributed by atoms with E-state index in [0.29, 0.717) is 5.82 Å². The molecule has 5 nitrogen and oxygen atoms in total. The van der Waals surface area contributed by atoms with Crippen LogP contribution in [-0.2, 0) is 15.7 Å². The fourth-order valence-electron chi connectivity index (χ4n) is 2.36. The molecular formula is C17H15N3O2S3. The van der Waals surface area contributed by atoms with Crippen LogP contribution in [0.3, 0.4) is 0 Å². The van der Waals surface area contributed by atoms with E-state index in [-0.39, 0.29) is 20.3 Å². The predicted molar refractivity (Wildman–Crippen MR) is 102 cm³/mol. The quantitative estimate of drug-likeness (QED) is 0.681. The van der Waals surface area contributed by atoms with Crippen molar-refractivity contribution in [1.29, 1.82) is 0 Å². The summed E-state index contributed by atoms with van der Waals surface area (Å²) < 4.78 is 27.5. The van der Waals surface area contributed by atoms with Crippen molar-refractivity contribution in [2.45, 2.75) is 17.7 Å². The van der Waals surface area contributed by atoms with Gasteiger partial charge >= 0.3 is 0 Å². The minimum Gasteiger partial charge on any atom is -0.307 e. The van der Waals surface area contributed by atoms with Gasteiger partial charge in [-0.2, -0.15) is 0 Å². The minimum absolute atomic E-state index is 0.216. The second kappa shape index (κ2) is 6.99. The zero-order chi connectivity index (χ0) is 18.0. The summed E-state index contributed by atoms with van der Waals surface area (Å²) in [5, 5.41) is 0. The lowest BCUT2D eigenvalue weighted by molar-refractivity contribution is 0.581. The van der Waals surface area contributed by atoms with Crippen LogP contribution in [0.5, 0.6) is 0 Å². The van der Waals surface area contributed by atoms with Gasteiger partial charge in [-0.05, 0) is 43.5 Å². The number of rotatable bonds is 4. The van der Waals surface area contributed by atoms with E-state index in [9.17, 15) is 8.42 Å². The molecule has 3 aromatic rings. The first-order valence-electron chi connectivity index (χ1n) is 7.43. The van der Waals surface area contributed by atoms with Gasteiger partial charge in [-0.3, -0.25) is 4.57 Å². The maximum atomic E-state index is 12.8. The maximum absolute atomic E-state index is 12.8. The molecule has 1 N–H and O–H groups in total. The third-order valence-electron chi connectivity index (χ3n) is 3.63. The minimum atomic E-state index is -3.59. The van der Waals surface area contributed by atoms with Gasteiger partial charge in [0.05, 0.1) is 4.90 Å². The Bertz CT molecular complexity index is 1120. The van der Waals surface area contributed by atoms with E-state index < -0.39 is 9.84 Å². The van der Waals surface area contributed by atoms with Gasteiger partial charge in [0.2, 0.25) is 4.77 Å². The molecule has 1 heterocycles. The second-order valence-corrected chi connectivity index (χ2v) is 8.25. The standard InChI is InChI=1S/C17H15N3O2S3/c1-12-7-9-14(10-8-12)25(21,22)11-20-15(13-5-3-2-4-6-13)18-16(23)19-17(20)24/h2-10H,11H2,1H3,(H,19,23,24). The lowest BCUT2D eigenvalue weighted by Crippen LogP contribution is -2.16. The highest BCUT2D eigenvalue weighted by atomic mass is 32.2. The number of aromatic amines is 1. The Labute approximate surface area is 155 Å². The first kappa shape index (κ1) is 17.7. The third-order valence-corrected chi connectivity index (χ3v) is 5.74. The van der Waals surface area contributed by atoms with Crippen molar-refractivity contribution in [2.24, 2.45) is 0 Å². The van der Waals surface area contributed by atoms with E-state index >= 15 is 0 Å². The van der Waals surface area contributed by atoms with Crippen molar-refractivity contribution < 1.29 is 8.42 Å². The van der Waals surface area contributed by atoms with Crippen LogP contribution in [0.1, 0.15) is 5.56 Å². The van der Waals surface area contributed by atoms with Crippen molar-refractivity contribution in [2.75, 3.05) is 0 Å². The molecule has 0 atom stereocenters. The summed E-state index contributed by atoms with van der Waals surface area (Å²) in [6, 6.07) is 15.9. The Kier molecular flexibility index (Phi) is 4.94. The summed E-state index contributed by atoms with van der Waals surface area (Å²) in [6.07, 6.45) is 0. The first-order valence-corrected chi connectivity index (χ1v) is 9.90. The number of benzene rings is 2. The lowest BCUT2D eigenvalue weighted by Gasteiger charge is -2.13. The van der Waals surface area contributed by atoms with E-state index in [1.165, 1.54) is 4.57 Å². The molecule has 0 fully saturated rings. The summed E-state index contributed by atoms with van der Waals surface area (Å²) >= 11 is 10.4. The van der Waals surface area contributed by atoms with Crippen LogP contribution >= 0.6 is 24.4 Å². The maximum Gasteiger partial charge on any atom is 0.201 e. The molecule has 0 aliphatic rings. The molecule has 0 aliphatic carbocycles. The Hall–Kier alpha value is -2.16. The molecule has 128 valence electrons. The summed E-state index contributed by atoms with van der Waals surface area (Å²) in [7, 11) is -3.59. The molecule has 0 saturated carbocycles. The van der Waals surface area contributed by atoms with Crippen LogP contribution in [0.15, 0.2) is 59.5 Å². The molecule has 0 bridgehead atoms. The first-order chi connectivity index (χ1) is 11.9. The molecular weight excluding hydrogens is 374 g/mol. The van der Waals surface area contributed by atoms with Gasteiger partial charge in [-0.15, -0.1) is 0 Å². The number of aryl methyl sites for hydroxylation is 1. The zero-order valence-electron chi connectivity index (χ0n) is 13.3. The molecule has 0 unspecified atom stereocenters. The van der Waals surface area contributed by atoms with Crippen LogP contribution < -0.4 is 0 Å². The fraction of sp³-hybridized carbons (Fsp3) is 0.118. The number of aromatic nitrogens is 3. The van der Waals surface area contributed by atoms with Gasteiger partial charge in [0.15, 0.2) is 14.6 Å². The van der Waals surface area contributed by atoms with Crippen LogP contribution in [0.25, 0.3) is 11.4 Å². The van der Waals surface area contributed by atoms with Gasteiger partial charge in [-0.1, -0.05) is 48.0 Å². The van der Waals surface area contributed by atoms with Crippen LogP contribution in [0, 0.1) is 16.5 Å². The second-order valence-electron chi connectivity index (χ2n) is 5.52. The molecule has 3 rings (SSSR count). The average Bonchev–Trinajstić information content (AvgIpc) is 2.58. The summed E-state index contributed by atoms with van der Waals surface area (Å²) in [4.78, 5) is 7.27. The number of nitrogens with zero attached hydrogens (tertiary/aromatic N) is 2. The molecule has 25 heavy (non-hydrogen) atoms. The third kappa shape index (κ3) is 3.92. The van der Waals surface area contributed by atoms with Crippen LogP contribution in [0.2, 0.25) is 0 Å². The van der Waals surface area contributed by atoms with Crippen molar-refractivity contribution in [3.05, 3.63) is 69.7 Å². The van der Waals surface area contributed by atoms with Gasteiger partial charge in [0.25, 0.3) is 0 Å². The van der Waals surface area contributed by atoms with Gasteiger partial charge in [0.1, 0.15) is 11.7 Å². The monoisotopic (exact) mass is 389 g/mol. The molecule has 2 aromatic carbocycles. The highest BCUT2D eigenvalue weighted by molar-refractivity contribution is 7.90. The Morgan fingerprint density at radius 2 is 1.68 bits per heavy atom. The number of hydrogen-bond acceptors (Lipinski definition) is 5. The summed E-state index contributed by atoms with van der Waals surface area (Å²) in [6.45, 7) is 1.90. The molecule has 0 amide bonds. The zero-order valence-corrected chi connectivity index (χ0v) is 15.8.